The Bertz CT molecular complexity index is 960. The van der Waals surface area contributed by atoms with Crippen molar-refractivity contribution >= 4 is 29.7 Å². The molecule has 4 unspecified atom stereocenters. The van der Waals surface area contributed by atoms with E-state index in [4.69, 9.17) is 11.5 Å². The molecular weight excluding hydrogens is 490 g/mol. The van der Waals surface area contributed by atoms with E-state index < -0.39 is 35.9 Å². The van der Waals surface area contributed by atoms with Crippen LogP contribution in [-0.4, -0.2) is 72.0 Å². The Labute approximate surface area is 223 Å². The van der Waals surface area contributed by atoms with E-state index in [9.17, 15) is 24.3 Å². The smallest absolute Gasteiger partial charge is 0.326 e. The number of carbonyl (C=O) groups excluding carboxylic acids is 3. The predicted molar refractivity (Wildman–Crippen MR) is 144 cm³/mol. The fourth-order valence-corrected chi connectivity index (χ4v) is 4.25. The molecule has 12 heteroatoms. The zero-order valence-corrected chi connectivity index (χ0v) is 22.1. The summed E-state index contributed by atoms with van der Waals surface area (Å²) >= 11 is 0. The van der Waals surface area contributed by atoms with Gasteiger partial charge in [0.25, 0.3) is 0 Å². The van der Waals surface area contributed by atoms with Gasteiger partial charge in [0.15, 0.2) is 5.96 Å². The molecule has 0 bridgehead atoms. The molecule has 1 heterocycles. The topological polar surface area (TPSA) is 201 Å². The molecule has 210 valence electrons. The van der Waals surface area contributed by atoms with Crippen molar-refractivity contribution in [1.82, 2.24) is 21.3 Å². The zero-order valence-electron chi connectivity index (χ0n) is 22.1. The molecule has 1 aliphatic heterocycles. The van der Waals surface area contributed by atoms with Crippen LogP contribution >= 0.6 is 0 Å². The standard InChI is InChI=1S/C26H41N7O5/c1-16(2)14-20(23(35)31-19(25(37)38)11-7-13-30-26(27)28)32-24(36)21(15-17-8-4-3-5-9-17)33-22(34)18-10-6-12-29-18/h3-5,8-9,16,18-21,29H,6-7,10-15H2,1-2H3,(H,31,35)(H,32,36)(H,33,34)(H,37,38)(H4,27,28,30). The summed E-state index contributed by atoms with van der Waals surface area (Å²) in [6, 6.07) is 5.84. The maximum Gasteiger partial charge on any atom is 0.326 e. The molecule has 4 atom stereocenters. The van der Waals surface area contributed by atoms with E-state index in [1.165, 1.54) is 0 Å². The summed E-state index contributed by atoms with van der Waals surface area (Å²) in [5, 5.41) is 20.8. The minimum atomic E-state index is -1.20. The second-order valence-corrected chi connectivity index (χ2v) is 9.94. The summed E-state index contributed by atoms with van der Waals surface area (Å²) in [6.45, 7) is 4.75. The second-order valence-electron chi connectivity index (χ2n) is 9.94. The van der Waals surface area contributed by atoms with Gasteiger partial charge in [-0.25, -0.2) is 4.79 Å². The maximum absolute atomic E-state index is 13.4. The number of guanidine groups is 1. The number of rotatable bonds is 15. The Kier molecular flexibility index (Phi) is 12.5. The Hall–Kier alpha value is -3.67. The summed E-state index contributed by atoms with van der Waals surface area (Å²) in [6.07, 6.45) is 2.54. The molecule has 0 radical (unpaired) electrons. The number of carboxylic acids is 1. The van der Waals surface area contributed by atoms with Crippen molar-refractivity contribution in [3.63, 3.8) is 0 Å². The SMILES string of the molecule is CC(C)CC(NC(=O)C(Cc1ccccc1)NC(=O)C1CCCN1)C(=O)NC(CCCN=C(N)N)C(=O)O. The maximum atomic E-state index is 13.4. The summed E-state index contributed by atoms with van der Waals surface area (Å²) in [7, 11) is 0. The lowest BCUT2D eigenvalue weighted by Gasteiger charge is -2.26. The Morgan fingerprint density at radius 1 is 1.03 bits per heavy atom. The molecule has 2 rings (SSSR count). The predicted octanol–water partition coefficient (Wildman–Crippen LogP) is -0.380. The average Bonchev–Trinajstić information content (AvgIpc) is 3.40. The van der Waals surface area contributed by atoms with Gasteiger partial charge in [0.2, 0.25) is 17.7 Å². The number of aliphatic carboxylic acids is 1. The van der Waals surface area contributed by atoms with Crippen LogP contribution in [0.1, 0.15) is 51.5 Å². The Balaban J connectivity index is 2.13. The van der Waals surface area contributed by atoms with Crippen LogP contribution in [0.3, 0.4) is 0 Å². The zero-order chi connectivity index (χ0) is 28.1. The minimum Gasteiger partial charge on any atom is -0.480 e. The summed E-state index contributed by atoms with van der Waals surface area (Å²) in [5.74, 6) is -2.65. The first-order valence-electron chi connectivity index (χ1n) is 13.0. The highest BCUT2D eigenvalue weighted by atomic mass is 16.4. The molecule has 1 aromatic rings. The first kappa shape index (κ1) is 30.6. The molecule has 0 saturated carbocycles. The second kappa shape index (κ2) is 15.6. The molecule has 38 heavy (non-hydrogen) atoms. The van der Waals surface area contributed by atoms with E-state index in [0.717, 1.165) is 18.5 Å². The monoisotopic (exact) mass is 531 g/mol. The van der Waals surface area contributed by atoms with Gasteiger partial charge in [-0.2, -0.15) is 0 Å². The van der Waals surface area contributed by atoms with Crippen molar-refractivity contribution in [3.05, 3.63) is 35.9 Å². The van der Waals surface area contributed by atoms with Crippen molar-refractivity contribution in [1.29, 1.82) is 0 Å². The quantitative estimate of drug-likeness (QED) is 0.0901. The summed E-state index contributed by atoms with van der Waals surface area (Å²) < 4.78 is 0. The van der Waals surface area contributed by atoms with Crippen LogP contribution < -0.4 is 32.7 Å². The van der Waals surface area contributed by atoms with Gasteiger partial charge in [0.1, 0.15) is 18.1 Å². The first-order chi connectivity index (χ1) is 18.1. The van der Waals surface area contributed by atoms with Crippen LogP contribution in [0, 0.1) is 5.92 Å². The van der Waals surface area contributed by atoms with E-state index in [1.54, 1.807) is 0 Å². The molecular formula is C26H41N7O5. The Morgan fingerprint density at radius 3 is 2.26 bits per heavy atom. The van der Waals surface area contributed by atoms with Gasteiger partial charge in [-0.15, -0.1) is 0 Å². The number of nitrogens with one attached hydrogen (secondary N) is 4. The third-order valence-corrected chi connectivity index (χ3v) is 6.19. The highest BCUT2D eigenvalue weighted by Crippen LogP contribution is 2.11. The molecule has 3 amide bonds. The van der Waals surface area contributed by atoms with E-state index >= 15 is 0 Å². The number of hydrogen-bond acceptors (Lipinski definition) is 6. The molecule has 1 aliphatic rings. The number of nitrogens with zero attached hydrogens (tertiary/aromatic N) is 1. The van der Waals surface area contributed by atoms with Gasteiger partial charge in [-0.05, 0) is 50.1 Å². The third kappa shape index (κ3) is 10.8. The third-order valence-electron chi connectivity index (χ3n) is 6.19. The normalized spacial score (nSPS) is 17.2. The molecule has 1 fully saturated rings. The molecule has 0 aromatic heterocycles. The summed E-state index contributed by atoms with van der Waals surface area (Å²) in [5.41, 5.74) is 11.4. The number of benzene rings is 1. The van der Waals surface area contributed by atoms with Crippen molar-refractivity contribution in [3.8, 4) is 0 Å². The lowest BCUT2D eigenvalue weighted by atomic mass is 10.00. The number of amides is 3. The van der Waals surface area contributed by atoms with Crippen molar-refractivity contribution in [2.45, 2.75) is 76.5 Å². The number of carbonyl (C=O) groups is 4. The lowest BCUT2D eigenvalue weighted by molar-refractivity contribution is -0.142. The fourth-order valence-electron chi connectivity index (χ4n) is 4.25. The van der Waals surface area contributed by atoms with Gasteiger partial charge < -0.3 is 37.8 Å². The van der Waals surface area contributed by atoms with Crippen molar-refractivity contribution < 1.29 is 24.3 Å². The molecule has 0 spiro atoms. The van der Waals surface area contributed by atoms with Crippen LogP contribution in [0.15, 0.2) is 35.3 Å². The Morgan fingerprint density at radius 2 is 1.68 bits per heavy atom. The molecule has 9 N–H and O–H groups in total. The molecule has 1 saturated heterocycles. The minimum absolute atomic E-state index is 0.0287. The number of aliphatic imine (C=N–C) groups is 1. The highest BCUT2D eigenvalue weighted by Gasteiger charge is 2.31. The number of hydrogen-bond donors (Lipinski definition) is 7. The van der Waals surface area contributed by atoms with Crippen molar-refractivity contribution in [2.24, 2.45) is 22.4 Å². The van der Waals surface area contributed by atoms with Crippen LogP contribution in [0.4, 0.5) is 0 Å². The van der Waals surface area contributed by atoms with Crippen LogP contribution in [0.25, 0.3) is 0 Å². The van der Waals surface area contributed by atoms with Gasteiger partial charge in [-0.3, -0.25) is 19.4 Å². The average molecular weight is 532 g/mol. The largest absolute Gasteiger partial charge is 0.480 e. The van der Waals surface area contributed by atoms with Gasteiger partial charge in [-0.1, -0.05) is 44.2 Å². The summed E-state index contributed by atoms with van der Waals surface area (Å²) in [4.78, 5) is 54.9. The highest BCUT2D eigenvalue weighted by molar-refractivity contribution is 5.94. The van der Waals surface area contributed by atoms with E-state index in [0.29, 0.717) is 12.8 Å². The molecule has 12 nitrogen and oxygen atoms in total. The number of nitrogens with two attached hydrogens (primary N) is 2. The van der Waals surface area contributed by atoms with Gasteiger partial charge in [0, 0.05) is 13.0 Å². The lowest BCUT2D eigenvalue weighted by Crippen LogP contribution is -2.57. The van der Waals surface area contributed by atoms with Crippen LogP contribution in [0.2, 0.25) is 0 Å². The van der Waals surface area contributed by atoms with Crippen molar-refractivity contribution in [2.75, 3.05) is 13.1 Å². The van der Waals surface area contributed by atoms with Gasteiger partial charge in [0.05, 0.1) is 6.04 Å². The van der Waals surface area contributed by atoms with E-state index in [-0.39, 0.29) is 49.6 Å². The van der Waals surface area contributed by atoms with Crippen LogP contribution in [-0.2, 0) is 25.6 Å². The first-order valence-corrected chi connectivity index (χ1v) is 13.0. The van der Waals surface area contributed by atoms with Crippen LogP contribution in [0.5, 0.6) is 0 Å². The van der Waals surface area contributed by atoms with E-state index in [2.05, 4.69) is 26.3 Å². The van der Waals surface area contributed by atoms with E-state index in [1.807, 2.05) is 44.2 Å². The number of carboxylic acid groups (broad SMARTS) is 1. The fraction of sp³-hybridized carbons (Fsp3) is 0.577. The molecule has 1 aromatic carbocycles. The van der Waals surface area contributed by atoms with Gasteiger partial charge >= 0.3 is 5.97 Å². The molecule has 0 aliphatic carbocycles.